The van der Waals surface area contributed by atoms with Gasteiger partial charge in [0, 0.05) is 76.9 Å². The van der Waals surface area contributed by atoms with Gasteiger partial charge in [-0.05, 0) is 74.5 Å². The molecular formula is C80H120Cl2N20O44S3. The number of nitrogens with zero attached hydrogens (tertiary/aromatic N) is 6. The molecule has 12 rings (SSSR count). The van der Waals surface area contributed by atoms with Crippen LogP contribution >= 0.6 is 23.2 Å². The van der Waals surface area contributed by atoms with E-state index in [1.807, 2.05) is 48.5 Å². The molecule has 38 N–H and O–H groups in total. The van der Waals surface area contributed by atoms with Gasteiger partial charge in [0.15, 0.2) is 84.8 Å². The van der Waals surface area contributed by atoms with Crippen molar-refractivity contribution in [1.29, 1.82) is 21.6 Å². The number of quaternary nitrogens is 6. The van der Waals surface area contributed by atoms with Gasteiger partial charge < -0.3 is 189 Å². The number of likely N-dealkylation sites (N-methyl/N-ethyl adjacent to an activating group) is 2. The summed E-state index contributed by atoms with van der Waals surface area (Å²) in [7, 11) is -7.05. The van der Waals surface area contributed by atoms with E-state index in [-0.39, 0.29) is 25.8 Å². The molecule has 4 aliphatic heterocycles. The minimum Gasteiger partial charge on any atom is -0.759 e. The zero-order valence-corrected chi connectivity index (χ0v) is 83.6. The Labute approximate surface area is 857 Å². The molecule has 4 saturated heterocycles. The standard InChI is InChI=1S/2C21H39N7O12.2C19H18ClN3O4.3H2O4S/c2*1-5-21(36,4-30)16(40-17-9(26-2)13(34)10(31)6(3-29)38-17)18(37-5)39-15-8(28-20(24)25)11(32)7(27-19(22)23)12(33)14(15)35;2*1-25-19(24)23(26-2)17-6-4-3-5-14(17)13-27-18-11-12-22(21-18)16-9-7-15(20)8-10-16;3*1-5(2,3)4/h2*4-18,26,29,31-36H,3H2,1-2H3,(H4,22,23,27)(H4,24,25,28);2*3-12H,13H2,1-2H3;3*(H2,1,2,3,4)/t2*5-,6-,7+,8-,9-,10-,11+,12-,13-,14+,15+,16-,17-,18-,21+;;;;;/m00...../s1. The van der Waals surface area contributed by atoms with Crippen LogP contribution in [0.25, 0.3) is 11.4 Å². The quantitative estimate of drug-likeness (QED) is 0.00497. The summed E-state index contributed by atoms with van der Waals surface area (Å²) in [5.41, 5.74) is 21.4. The van der Waals surface area contributed by atoms with Crippen molar-refractivity contribution in [3.05, 3.63) is 143 Å². The van der Waals surface area contributed by atoms with E-state index < -0.39 is 263 Å². The number of aldehydes is 2. The van der Waals surface area contributed by atoms with E-state index in [9.17, 15) is 90.7 Å². The number of nitrogens with one attached hydrogen (secondary N) is 4. The van der Waals surface area contributed by atoms with Crippen molar-refractivity contribution in [2.75, 3.05) is 65.9 Å². The van der Waals surface area contributed by atoms with Crippen molar-refractivity contribution in [3.8, 4) is 23.1 Å². The fraction of sp³-hybridized carbons (Fsp3) is 0.525. The monoisotopic (exact) mass is 2230 g/mol. The van der Waals surface area contributed by atoms with E-state index in [2.05, 4.69) is 10.2 Å². The average molecular weight is 2230 g/mol. The molecule has 69 heteroatoms. The molecule has 6 fully saturated rings. The van der Waals surface area contributed by atoms with Gasteiger partial charge in [-0.25, -0.2) is 40.6 Å². The van der Waals surface area contributed by atoms with Crippen LogP contribution in [0.2, 0.25) is 10.0 Å². The second kappa shape index (κ2) is 57.4. The summed E-state index contributed by atoms with van der Waals surface area (Å²) in [6.45, 7) is 1.71. The highest BCUT2D eigenvalue weighted by atomic mass is 35.5. The first-order chi connectivity index (χ1) is 69.7. The third-order valence-electron chi connectivity index (χ3n) is 23.0. The molecule has 0 radical (unpaired) electrons. The number of guanidine groups is 4. The number of nitrogens with two attached hydrogens (primary N) is 10. The van der Waals surface area contributed by atoms with Crippen molar-refractivity contribution < 1.29 is 242 Å². The number of ether oxygens (including phenoxy) is 12. The number of rotatable bonds is 30. The molecule has 4 aromatic carbocycles. The first-order valence-electron chi connectivity index (χ1n) is 43.5. The molecule has 2 aromatic heterocycles. The zero-order chi connectivity index (χ0) is 112. The maximum Gasteiger partial charge on any atom is 0.438 e. The van der Waals surface area contributed by atoms with Crippen LogP contribution < -0.4 is 74.4 Å². The number of carbonyl (C=O) groups is 4. The van der Waals surface area contributed by atoms with Crippen LogP contribution in [0.15, 0.2) is 122 Å². The van der Waals surface area contributed by atoms with Crippen molar-refractivity contribution in [1.82, 2.24) is 19.6 Å². The predicted molar refractivity (Wildman–Crippen MR) is 489 cm³/mol. The topological polar surface area (TPSA) is 1060 Å². The lowest BCUT2D eigenvalue weighted by Gasteiger charge is -2.44. The predicted octanol–water partition coefficient (Wildman–Crippen LogP) is -17.2. The number of aliphatic hydroxyl groups excluding tert-OH is 12. The van der Waals surface area contributed by atoms with Gasteiger partial charge in [0.05, 0.1) is 90.7 Å². The average Bonchev–Trinajstić information content (AvgIpc) is 1.62. The number of benzene rings is 4. The molecule has 6 aliphatic rings. The van der Waals surface area contributed by atoms with E-state index in [1.165, 1.54) is 52.9 Å². The van der Waals surface area contributed by atoms with Crippen LogP contribution in [0.1, 0.15) is 25.0 Å². The lowest BCUT2D eigenvalue weighted by atomic mass is 9.81. The number of para-hydroxylation sites is 2. The smallest absolute Gasteiger partial charge is 0.438 e. The normalized spacial score (nSPS) is 30.5. The highest BCUT2D eigenvalue weighted by molar-refractivity contribution is 7.80. The van der Waals surface area contributed by atoms with Gasteiger partial charge in [0.25, 0.3) is 23.8 Å². The number of carbonyl (C=O) groups excluding carboxylic acids is 4. The summed E-state index contributed by atoms with van der Waals surface area (Å²) in [6, 6.07) is 25.6. The molecule has 149 heavy (non-hydrogen) atoms. The first-order valence-corrected chi connectivity index (χ1v) is 48.3. The molecule has 6 heterocycles. The molecular weight excluding hydrogens is 2110 g/mol. The Balaban J connectivity index is 0.000000292. The van der Waals surface area contributed by atoms with E-state index in [0.717, 1.165) is 53.9 Å². The third-order valence-corrected chi connectivity index (χ3v) is 23.6. The van der Waals surface area contributed by atoms with Crippen LogP contribution in [-0.2, 0) is 111 Å². The Kier molecular flexibility index (Phi) is 49.0. The van der Waals surface area contributed by atoms with Gasteiger partial charge >= 0.3 is 12.2 Å². The van der Waals surface area contributed by atoms with Gasteiger partial charge in [-0.2, -0.15) is 10.1 Å². The molecule has 0 unspecified atom stereocenters. The van der Waals surface area contributed by atoms with Crippen molar-refractivity contribution in [2.24, 2.45) is 22.9 Å². The van der Waals surface area contributed by atoms with E-state index in [1.54, 1.807) is 96.5 Å². The minimum absolute atomic E-state index is 0.159. The fourth-order valence-electron chi connectivity index (χ4n) is 15.8. The number of hydrogen-bond acceptors (Lipinski definition) is 50. The highest BCUT2D eigenvalue weighted by Gasteiger charge is 2.65. The summed E-state index contributed by atoms with van der Waals surface area (Å²) >= 11 is 11.8. The third kappa shape index (κ3) is 35.9. The van der Waals surface area contributed by atoms with E-state index in [4.69, 9.17) is 187 Å². The van der Waals surface area contributed by atoms with Crippen LogP contribution in [0, 0.1) is 21.6 Å². The van der Waals surface area contributed by atoms with Crippen molar-refractivity contribution >= 4 is 114 Å². The number of aliphatic hydroxyl groups is 14. The first kappa shape index (κ1) is 127. The lowest BCUT2D eigenvalue weighted by molar-refractivity contribution is -0.696. The molecule has 0 bridgehead atoms. The van der Waals surface area contributed by atoms with Gasteiger partial charge in [-0.15, -0.1) is 10.2 Å². The summed E-state index contributed by atoms with van der Waals surface area (Å²) < 4.78 is 173. The molecule has 6 aromatic rings. The van der Waals surface area contributed by atoms with Gasteiger partial charge in [0.1, 0.15) is 98.7 Å². The molecule has 2 saturated carbocycles. The summed E-state index contributed by atoms with van der Waals surface area (Å²) in [5, 5.41) is 198. The Bertz CT molecular complexity index is 5300. The minimum atomic E-state index is -5.17. The van der Waals surface area contributed by atoms with Crippen LogP contribution in [0.5, 0.6) is 11.8 Å². The maximum absolute atomic E-state index is 12.1. The number of methoxy groups -OCH3 is 2. The molecule has 64 nitrogen and oxygen atoms in total. The number of amides is 2. The number of halogens is 2. The fourth-order valence-corrected chi connectivity index (χ4v) is 16.0. The zero-order valence-electron chi connectivity index (χ0n) is 79.6. The van der Waals surface area contributed by atoms with Crippen LogP contribution in [0.4, 0.5) is 21.0 Å². The van der Waals surface area contributed by atoms with Gasteiger partial charge in [0.2, 0.25) is 24.3 Å². The maximum atomic E-state index is 12.1. The van der Waals surface area contributed by atoms with E-state index in [0.29, 0.717) is 33.2 Å². The SMILES string of the molecule is COC(=O)N(OC)c1ccccc1COc1ccn(-c2ccc(Cl)cc2)n1.COC(=O)N(OC)c1ccccc1COc1ccn(-c2ccc(Cl)cc2)n1.C[NH2+][C@@H]1[C@H](O[C@H]2[C@H](O[C@H]3[C@H](O)[C@@H](O)[C@H]([NH2+]C(=N)N)[C@@H](O)[C@@H]3[NH2+]C(=N)N)O[C@@H](C)[C@]2(O)C=O)O[C@@H](CO)[C@H](O)[C@H]1O.C[NH2+][C@@H]1[C@H](O[C@H]2[C@H](O[C@H]3[C@H](O)[C@@H](O)[C@H]([NH2+]C(=N)N)[C@@H](O)[C@@H]3[NH2+]C(=N)N)O[C@@H](C)[C@]2(O)C=O)O[C@@H](CO)[C@H](O)[C@H]1O.O=S(=O)([O-])[O-].O=S(=O)([O-])[O-].O=S(=O)([O-])[O-]. The summed E-state index contributed by atoms with van der Waals surface area (Å²) in [6.07, 6.45) is -30.9. The summed E-state index contributed by atoms with van der Waals surface area (Å²) in [5.74, 6) is -1.11. The Morgan fingerprint density at radius 2 is 0.732 bits per heavy atom. The number of aromatic nitrogens is 4. The van der Waals surface area contributed by atoms with Crippen LogP contribution in [-0.4, -0.2) is 430 Å². The second-order valence-corrected chi connectivity index (χ2v) is 36.0. The number of hydroxylamine groups is 2. The van der Waals surface area contributed by atoms with E-state index >= 15 is 0 Å². The largest absolute Gasteiger partial charge is 0.759 e. The molecule has 2 amide bonds. The number of anilines is 2. The number of hydrogen-bond donors (Lipinski definition) is 28. The van der Waals surface area contributed by atoms with Crippen LogP contribution in [0.3, 0.4) is 0 Å². The highest BCUT2D eigenvalue weighted by Crippen LogP contribution is 2.41. The molecule has 30 atom stereocenters. The molecule has 0 spiro atoms. The van der Waals surface area contributed by atoms with Gasteiger partial charge in [-0.3, -0.25) is 65.8 Å². The van der Waals surface area contributed by atoms with Gasteiger partial charge in [-0.1, -0.05) is 59.6 Å². The lowest BCUT2D eigenvalue weighted by Crippen LogP contribution is -3.08. The summed E-state index contributed by atoms with van der Waals surface area (Å²) in [4.78, 5) is 58.1. The second-order valence-electron chi connectivity index (χ2n) is 32.7. The molecule has 2 aliphatic carbocycles. The Morgan fingerprint density at radius 3 is 1.00 bits per heavy atom. The van der Waals surface area contributed by atoms with Crippen molar-refractivity contribution in [3.63, 3.8) is 0 Å². The van der Waals surface area contributed by atoms with Crippen molar-refractivity contribution in [2.45, 2.75) is 210 Å². The Morgan fingerprint density at radius 1 is 0.443 bits per heavy atom. The molecule has 836 valence electrons. The Hall–Kier alpha value is -10.3.